The highest BCUT2D eigenvalue weighted by Crippen LogP contribution is 2.21. The smallest absolute Gasteiger partial charge is 0.254 e. The number of halogens is 1. The molecule has 0 atom stereocenters. The van der Waals surface area contributed by atoms with Gasteiger partial charge in [0.1, 0.15) is 5.82 Å². The number of amides is 1. The average molecular weight is 316 g/mol. The summed E-state index contributed by atoms with van der Waals surface area (Å²) >= 11 is 0. The third kappa shape index (κ3) is 4.01. The minimum Gasteiger partial charge on any atom is -0.347 e. The molecule has 1 amide bonds. The lowest BCUT2D eigenvalue weighted by Gasteiger charge is -2.28. The molecule has 1 aromatic rings. The predicted molar refractivity (Wildman–Crippen MR) is 79.0 cm³/mol. The number of hydrogen-bond acceptors (Lipinski definition) is 3. The maximum Gasteiger partial charge on any atom is 0.254 e. The SMILES string of the molecule is CCC(C)(CC)NC(=O)c1cc(S(N)(=O)=O)cc(C)c1F. The molecule has 3 N–H and O–H groups in total. The Morgan fingerprint density at radius 3 is 2.29 bits per heavy atom. The Morgan fingerprint density at radius 2 is 1.86 bits per heavy atom. The molecule has 0 bridgehead atoms. The monoisotopic (exact) mass is 316 g/mol. The molecule has 0 aliphatic heterocycles. The van der Waals surface area contributed by atoms with Crippen molar-refractivity contribution in [3.8, 4) is 0 Å². The van der Waals surface area contributed by atoms with E-state index < -0.39 is 27.3 Å². The van der Waals surface area contributed by atoms with Crippen LogP contribution in [0.4, 0.5) is 4.39 Å². The first-order valence-corrected chi connectivity index (χ1v) is 8.24. The summed E-state index contributed by atoms with van der Waals surface area (Å²) in [6.07, 6.45) is 1.34. The number of rotatable bonds is 5. The van der Waals surface area contributed by atoms with Gasteiger partial charge < -0.3 is 5.32 Å². The summed E-state index contributed by atoms with van der Waals surface area (Å²) in [4.78, 5) is 12.0. The van der Waals surface area contributed by atoms with Gasteiger partial charge in [-0.3, -0.25) is 4.79 Å². The molecule has 0 radical (unpaired) electrons. The third-order valence-corrected chi connectivity index (χ3v) is 4.67. The number of carbonyl (C=O) groups is 1. The van der Waals surface area contributed by atoms with Gasteiger partial charge in [0.2, 0.25) is 10.0 Å². The van der Waals surface area contributed by atoms with Gasteiger partial charge in [-0.15, -0.1) is 0 Å². The fourth-order valence-electron chi connectivity index (χ4n) is 1.83. The van der Waals surface area contributed by atoms with E-state index in [0.717, 1.165) is 12.1 Å². The van der Waals surface area contributed by atoms with E-state index in [9.17, 15) is 17.6 Å². The van der Waals surface area contributed by atoms with Gasteiger partial charge >= 0.3 is 0 Å². The highest BCUT2D eigenvalue weighted by atomic mass is 32.2. The van der Waals surface area contributed by atoms with Crippen LogP contribution in [0.5, 0.6) is 0 Å². The molecule has 0 saturated heterocycles. The Morgan fingerprint density at radius 1 is 1.33 bits per heavy atom. The molecule has 0 aliphatic rings. The molecule has 0 fully saturated rings. The van der Waals surface area contributed by atoms with Crippen LogP contribution in [0.15, 0.2) is 17.0 Å². The van der Waals surface area contributed by atoms with Crippen molar-refractivity contribution in [2.45, 2.75) is 51.0 Å². The number of benzene rings is 1. The number of primary sulfonamides is 1. The van der Waals surface area contributed by atoms with E-state index in [2.05, 4.69) is 5.32 Å². The molecule has 1 rings (SSSR count). The molecule has 0 aliphatic carbocycles. The molecule has 0 saturated carbocycles. The number of aryl methyl sites for hydroxylation is 1. The number of nitrogens with one attached hydrogen (secondary N) is 1. The van der Waals surface area contributed by atoms with Crippen molar-refractivity contribution in [3.05, 3.63) is 29.1 Å². The largest absolute Gasteiger partial charge is 0.347 e. The van der Waals surface area contributed by atoms with Crippen LogP contribution in [0.3, 0.4) is 0 Å². The maximum absolute atomic E-state index is 14.1. The number of hydrogen-bond donors (Lipinski definition) is 2. The van der Waals surface area contributed by atoms with Crippen molar-refractivity contribution < 1.29 is 17.6 Å². The van der Waals surface area contributed by atoms with Crippen LogP contribution in [0, 0.1) is 12.7 Å². The van der Waals surface area contributed by atoms with E-state index in [-0.39, 0.29) is 16.0 Å². The molecular formula is C14H21FN2O3S. The van der Waals surface area contributed by atoms with Gasteiger partial charge in [-0.1, -0.05) is 13.8 Å². The molecule has 0 spiro atoms. The van der Waals surface area contributed by atoms with Gasteiger partial charge in [0.05, 0.1) is 10.5 Å². The topological polar surface area (TPSA) is 89.3 Å². The lowest BCUT2D eigenvalue weighted by atomic mass is 9.95. The van der Waals surface area contributed by atoms with Crippen molar-refractivity contribution >= 4 is 15.9 Å². The lowest BCUT2D eigenvalue weighted by Crippen LogP contribution is -2.45. The van der Waals surface area contributed by atoms with Gasteiger partial charge in [0.25, 0.3) is 5.91 Å². The minimum atomic E-state index is -4.00. The zero-order valence-corrected chi connectivity index (χ0v) is 13.5. The summed E-state index contributed by atoms with van der Waals surface area (Å²) in [5.74, 6) is -1.39. The molecule has 21 heavy (non-hydrogen) atoms. The first-order valence-electron chi connectivity index (χ1n) is 6.69. The standard InChI is InChI=1S/C14H21FN2O3S/c1-5-14(4,6-2)17-13(18)11-8-10(21(16,19)20)7-9(3)12(11)15/h7-8H,5-6H2,1-4H3,(H,17,18)(H2,16,19,20). The zero-order chi connectivity index (χ0) is 16.4. The van der Waals surface area contributed by atoms with Crippen molar-refractivity contribution in [2.24, 2.45) is 5.14 Å². The quantitative estimate of drug-likeness (QED) is 0.871. The summed E-state index contributed by atoms with van der Waals surface area (Å²) < 4.78 is 36.9. The molecule has 1 aromatic carbocycles. The Kier molecular flexibility index (Phi) is 5.11. The van der Waals surface area contributed by atoms with Crippen molar-refractivity contribution in [3.63, 3.8) is 0 Å². The third-order valence-electron chi connectivity index (χ3n) is 3.78. The van der Waals surface area contributed by atoms with Gasteiger partial charge in [-0.25, -0.2) is 17.9 Å². The number of carbonyl (C=O) groups excluding carboxylic acids is 1. The van der Waals surface area contributed by atoms with Crippen LogP contribution in [-0.2, 0) is 10.0 Å². The van der Waals surface area contributed by atoms with Crippen molar-refractivity contribution in [1.82, 2.24) is 5.32 Å². The van der Waals surface area contributed by atoms with E-state index in [4.69, 9.17) is 5.14 Å². The van der Waals surface area contributed by atoms with Crippen LogP contribution in [0.2, 0.25) is 0 Å². The molecule has 7 heteroatoms. The second kappa shape index (κ2) is 6.11. The summed E-state index contributed by atoms with van der Waals surface area (Å²) in [6.45, 7) is 7.05. The van der Waals surface area contributed by atoms with E-state index in [1.54, 1.807) is 0 Å². The van der Waals surface area contributed by atoms with Gasteiger partial charge in [-0.05, 0) is 44.4 Å². The van der Waals surface area contributed by atoms with E-state index in [0.29, 0.717) is 12.8 Å². The Labute approximate surface area is 124 Å². The Bertz CT molecular complexity index is 652. The summed E-state index contributed by atoms with van der Waals surface area (Å²) in [5, 5.41) is 7.78. The van der Waals surface area contributed by atoms with Crippen LogP contribution in [0.1, 0.15) is 49.5 Å². The summed E-state index contributed by atoms with van der Waals surface area (Å²) in [6, 6.07) is 2.08. The van der Waals surface area contributed by atoms with Gasteiger partial charge in [-0.2, -0.15) is 0 Å². The molecule has 5 nitrogen and oxygen atoms in total. The second-order valence-corrected chi connectivity index (χ2v) is 6.93. The van der Waals surface area contributed by atoms with Crippen LogP contribution in [0.25, 0.3) is 0 Å². The Balaban J connectivity index is 3.30. The fourth-order valence-corrected chi connectivity index (χ4v) is 2.46. The van der Waals surface area contributed by atoms with Crippen LogP contribution < -0.4 is 10.5 Å². The highest BCUT2D eigenvalue weighted by molar-refractivity contribution is 7.89. The van der Waals surface area contributed by atoms with Crippen LogP contribution >= 0.6 is 0 Å². The molecule has 0 unspecified atom stereocenters. The molecular weight excluding hydrogens is 295 g/mol. The minimum absolute atomic E-state index is 0.0568. The fraction of sp³-hybridized carbons (Fsp3) is 0.500. The summed E-state index contributed by atoms with van der Waals surface area (Å²) in [5.41, 5.74) is -0.733. The van der Waals surface area contributed by atoms with Crippen molar-refractivity contribution in [2.75, 3.05) is 0 Å². The molecule has 118 valence electrons. The predicted octanol–water partition coefficient (Wildman–Crippen LogP) is 2.09. The van der Waals surface area contributed by atoms with Gasteiger partial charge in [0, 0.05) is 5.54 Å². The first-order chi connectivity index (χ1) is 9.54. The lowest BCUT2D eigenvalue weighted by molar-refractivity contribution is 0.0896. The second-order valence-electron chi connectivity index (χ2n) is 5.37. The molecule has 0 heterocycles. The normalized spacial score (nSPS) is 12.3. The summed E-state index contributed by atoms with van der Waals surface area (Å²) in [7, 11) is -4.00. The first kappa shape index (κ1) is 17.6. The van der Waals surface area contributed by atoms with Gasteiger partial charge in [0.15, 0.2) is 0 Å². The van der Waals surface area contributed by atoms with E-state index >= 15 is 0 Å². The van der Waals surface area contributed by atoms with E-state index in [1.165, 1.54) is 6.92 Å². The zero-order valence-electron chi connectivity index (χ0n) is 12.7. The Hall–Kier alpha value is -1.47. The average Bonchev–Trinajstić information content (AvgIpc) is 2.40. The highest BCUT2D eigenvalue weighted by Gasteiger charge is 2.26. The maximum atomic E-state index is 14.1. The number of sulfonamides is 1. The molecule has 0 aromatic heterocycles. The van der Waals surface area contributed by atoms with Crippen LogP contribution in [-0.4, -0.2) is 19.9 Å². The number of nitrogens with two attached hydrogens (primary N) is 1. The van der Waals surface area contributed by atoms with Crippen molar-refractivity contribution in [1.29, 1.82) is 0 Å². The van der Waals surface area contributed by atoms with E-state index in [1.807, 2.05) is 20.8 Å².